The van der Waals surface area contributed by atoms with E-state index in [1.54, 1.807) is 7.11 Å². The van der Waals surface area contributed by atoms with E-state index < -0.39 is 0 Å². The lowest BCUT2D eigenvalue weighted by Gasteiger charge is -2.24. The first kappa shape index (κ1) is 12.2. The normalized spacial score (nSPS) is 11.7. The van der Waals surface area contributed by atoms with Crippen LogP contribution >= 0.6 is 0 Å². The van der Waals surface area contributed by atoms with E-state index >= 15 is 0 Å². The molecule has 0 spiro atoms. The smallest absolute Gasteiger partial charge is 0.0663 e. The average molecular weight is 207 g/mol. The molecule has 0 heterocycles. The van der Waals surface area contributed by atoms with Crippen molar-refractivity contribution in [3.8, 4) is 0 Å². The van der Waals surface area contributed by atoms with Gasteiger partial charge in [0, 0.05) is 13.5 Å². The van der Waals surface area contributed by atoms with Gasteiger partial charge in [-0.1, -0.05) is 24.3 Å². The zero-order valence-corrected chi connectivity index (χ0v) is 9.92. The maximum atomic E-state index is 5.59. The third-order valence-electron chi connectivity index (χ3n) is 2.70. The predicted molar refractivity (Wildman–Crippen MR) is 64.0 cm³/mol. The van der Waals surface area contributed by atoms with Gasteiger partial charge in [0.25, 0.3) is 0 Å². The molecule has 2 nitrogen and oxygen atoms in total. The molecule has 84 valence electrons. The second-order valence-corrected chi connectivity index (χ2v) is 4.45. The van der Waals surface area contributed by atoms with Crippen molar-refractivity contribution in [2.45, 2.75) is 32.3 Å². The van der Waals surface area contributed by atoms with Crippen LogP contribution in [0.4, 0.5) is 0 Å². The lowest BCUT2D eigenvalue weighted by atomic mass is 9.93. The van der Waals surface area contributed by atoms with E-state index in [-0.39, 0.29) is 5.60 Å². The van der Waals surface area contributed by atoms with Gasteiger partial charge in [-0.25, -0.2) is 0 Å². The first-order valence-corrected chi connectivity index (χ1v) is 5.41. The van der Waals surface area contributed by atoms with Gasteiger partial charge in [-0.2, -0.15) is 0 Å². The molecular weight excluding hydrogens is 186 g/mol. The van der Waals surface area contributed by atoms with Gasteiger partial charge in [0.05, 0.1) is 5.60 Å². The highest BCUT2D eigenvalue weighted by atomic mass is 16.5. The van der Waals surface area contributed by atoms with Crippen molar-refractivity contribution in [3.05, 3.63) is 35.4 Å². The SMILES string of the molecule is COC(C)(C)Cc1ccccc1CCN. The Labute approximate surface area is 92.4 Å². The minimum Gasteiger partial charge on any atom is -0.378 e. The highest BCUT2D eigenvalue weighted by molar-refractivity contribution is 5.28. The van der Waals surface area contributed by atoms with Crippen molar-refractivity contribution in [2.24, 2.45) is 5.73 Å². The molecular formula is C13H21NO. The molecule has 0 aliphatic rings. The van der Waals surface area contributed by atoms with Crippen LogP contribution in [0, 0.1) is 0 Å². The number of ether oxygens (including phenoxy) is 1. The third kappa shape index (κ3) is 3.65. The van der Waals surface area contributed by atoms with Gasteiger partial charge in [-0.15, -0.1) is 0 Å². The number of rotatable bonds is 5. The van der Waals surface area contributed by atoms with Crippen LogP contribution in [0.2, 0.25) is 0 Å². The fraction of sp³-hybridized carbons (Fsp3) is 0.538. The Morgan fingerprint density at radius 2 is 1.80 bits per heavy atom. The molecule has 0 unspecified atom stereocenters. The summed E-state index contributed by atoms with van der Waals surface area (Å²) in [5.74, 6) is 0. The van der Waals surface area contributed by atoms with Crippen LogP contribution in [0.15, 0.2) is 24.3 Å². The number of nitrogens with two attached hydrogens (primary N) is 1. The van der Waals surface area contributed by atoms with Crippen molar-refractivity contribution >= 4 is 0 Å². The Morgan fingerprint density at radius 1 is 1.20 bits per heavy atom. The second kappa shape index (κ2) is 5.29. The van der Waals surface area contributed by atoms with Gasteiger partial charge >= 0.3 is 0 Å². The molecule has 0 saturated carbocycles. The molecule has 0 bridgehead atoms. The maximum Gasteiger partial charge on any atom is 0.0663 e. The molecule has 0 fully saturated rings. The van der Waals surface area contributed by atoms with Crippen LogP contribution in [-0.2, 0) is 17.6 Å². The summed E-state index contributed by atoms with van der Waals surface area (Å²) >= 11 is 0. The van der Waals surface area contributed by atoms with Crippen LogP contribution in [-0.4, -0.2) is 19.3 Å². The average Bonchev–Trinajstić information content (AvgIpc) is 2.21. The Kier molecular flexibility index (Phi) is 4.30. The number of methoxy groups -OCH3 is 1. The van der Waals surface area contributed by atoms with Crippen LogP contribution in [0.5, 0.6) is 0 Å². The van der Waals surface area contributed by atoms with Crippen molar-refractivity contribution in [1.82, 2.24) is 0 Å². The van der Waals surface area contributed by atoms with Crippen LogP contribution in [0.25, 0.3) is 0 Å². The molecule has 1 aromatic carbocycles. The van der Waals surface area contributed by atoms with E-state index in [0.29, 0.717) is 6.54 Å². The Hall–Kier alpha value is -0.860. The minimum atomic E-state index is -0.106. The molecule has 2 heteroatoms. The molecule has 15 heavy (non-hydrogen) atoms. The van der Waals surface area contributed by atoms with Crippen molar-refractivity contribution in [2.75, 3.05) is 13.7 Å². The summed E-state index contributed by atoms with van der Waals surface area (Å²) in [5.41, 5.74) is 8.17. The standard InChI is InChI=1S/C13H21NO/c1-13(2,15-3)10-12-7-5-4-6-11(12)8-9-14/h4-7H,8-10,14H2,1-3H3. The van der Waals surface area contributed by atoms with E-state index in [0.717, 1.165) is 12.8 Å². The van der Waals surface area contributed by atoms with Crippen molar-refractivity contribution < 1.29 is 4.74 Å². The quantitative estimate of drug-likeness (QED) is 0.803. The summed E-state index contributed by atoms with van der Waals surface area (Å²) in [7, 11) is 1.76. The molecule has 1 rings (SSSR count). The maximum absolute atomic E-state index is 5.59. The first-order chi connectivity index (χ1) is 7.09. The molecule has 0 aliphatic heterocycles. The van der Waals surface area contributed by atoms with Gasteiger partial charge in [0.1, 0.15) is 0 Å². The third-order valence-corrected chi connectivity index (χ3v) is 2.70. The van der Waals surface area contributed by atoms with Crippen molar-refractivity contribution in [3.63, 3.8) is 0 Å². The summed E-state index contributed by atoms with van der Waals surface area (Å²) in [5, 5.41) is 0. The largest absolute Gasteiger partial charge is 0.378 e. The Bertz CT molecular complexity index is 307. The molecule has 0 aliphatic carbocycles. The fourth-order valence-corrected chi connectivity index (χ4v) is 1.66. The highest BCUT2D eigenvalue weighted by Gasteiger charge is 2.18. The Morgan fingerprint density at radius 3 is 2.33 bits per heavy atom. The topological polar surface area (TPSA) is 35.2 Å². The predicted octanol–water partition coefficient (Wildman–Crippen LogP) is 2.16. The van der Waals surface area contributed by atoms with Gasteiger partial charge in [0.15, 0.2) is 0 Å². The lowest BCUT2D eigenvalue weighted by molar-refractivity contribution is 0.0230. The van der Waals surface area contributed by atoms with E-state index in [1.807, 2.05) is 0 Å². The van der Waals surface area contributed by atoms with Gasteiger partial charge in [-0.3, -0.25) is 0 Å². The van der Waals surface area contributed by atoms with E-state index in [4.69, 9.17) is 10.5 Å². The monoisotopic (exact) mass is 207 g/mol. The molecule has 2 N–H and O–H groups in total. The number of benzene rings is 1. The van der Waals surface area contributed by atoms with Gasteiger partial charge in [-0.05, 0) is 37.9 Å². The number of hydrogen-bond acceptors (Lipinski definition) is 2. The summed E-state index contributed by atoms with van der Waals surface area (Å²) in [6.07, 6.45) is 1.87. The van der Waals surface area contributed by atoms with Crippen LogP contribution in [0.3, 0.4) is 0 Å². The van der Waals surface area contributed by atoms with E-state index in [1.165, 1.54) is 11.1 Å². The summed E-state index contributed by atoms with van der Waals surface area (Å²) in [6.45, 7) is 4.91. The summed E-state index contributed by atoms with van der Waals surface area (Å²) in [6, 6.07) is 8.44. The summed E-state index contributed by atoms with van der Waals surface area (Å²) in [4.78, 5) is 0. The van der Waals surface area contributed by atoms with Gasteiger partial charge < -0.3 is 10.5 Å². The lowest BCUT2D eigenvalue weighted by Crippen LogP contribution is -2.26. The fourth-order valence-electron chi connectivity index (χ4n) is 1.66. The Balaban J connectivity index is 2.84. The van der Waals surface area contributed by atoms with Crippen LogP contribution < -0.4 is 5.73 Å². The molecule has 1 aromatic rings. The van der Waals surface area contributed by atoms with Gasteiger partial charge in [0.2, 0.25) is 0 Å². The number of hydrogen-bond donors (Lipinski definition) is 1. The second-order valence-electron chi connectivity index (χ2n) is 4.45. The highest BCUT2D eigenvalue weighted by Crippen LogP contribution is 2.19. The first-order valence-electron chi connectivity index (χ1n) is 5.41. The molecule has 0 amide bonds. The molecule has 0 radical (unpaired) electrons. The molecule has 0 atom stereocenters. The summed E-state index contributed by atoms with van der Waals surface area (Å²) < 4.78 is 5.44. The molecule has 0 saturated heterocycles. The molecule has 0 aromatic heterocycles. The van der Waals surface area contributed by atoms with Crippen LogP contribution in [0.1, 0.15) is 25.0 Å². The zero-order valence-electron chi connectivity index (χ0n) is 9.92. The van der Waals surface area contributed by atoms with Crippen molar-refractivity contribution in [1.29, 1.82) is 0 Å². The zero-order chi connectivity index (χ0) is 11.3. The van der Waals surface area contributed by atoms with E-state index in [9.17, 15) is 0 Å². The van der Waals surface area contributed by atoms with E-state index in [2.05, 4.69) is 38.1 Å². The minimum absolute atomic E-state index is 0.106.